The summed E-state index contributed by atoms with van der Waals surface area (Å²) in [6, 6.07) is 4.68. The van der Waals surface area contributed by atoms with Crippen molar-refractivity contribution in [2.75, 3.05) is 0 Å². The van der Waals surface area contributed by atoms with Crippen LogP contribution in [-0.4, -0.2) is 20.9 Å². The Morgan fingerprint density at radius 1 is 1.35 bits per heavy atom. The summed E-state index contributed by atoms with van der Waals surface area (Å²) in [4.78, 5) is 11.3. The lowest BCUT2D eigenvalue weighted by Crippen LogP contribution is -2.08. The number of carboxylic acids is 1. The summed E-state index contributed by atoms with van der Waals surface area (Å²) in [5.74, 6) is -1.42. The van der Waals surface area contributed by atoms with Crippen molar-refractivity contribution in [1.29, 1.82) is 0 Å². The highest BCUT2D eigenvalue weighted by molar-refractivity contribution is 9.10. The third-order valence-electron chi connectivity index (χ3n) is 3.53. The molecule has 3 rings (SSSR count). The van der Waals surface area contributed by atoms with Gasteiger partial charge in [0, 0.05) is 17.3 Å². The van der Waals surface area contributed by atoms with Crippen LogP contribution in [0, 0.1) is 5.82 Å². The van der Waals surface area contributed by atoms with Gasteiger partial charge in [-0.15, -0.1) is 0 Å². The minimum Gasteiger partial charge on any atom is -0.476 e. The molecule has 0 saturated heterocycles. The van der Waals surface area contributed by atoms with E-state index in [1.54, 1.807) is 16.8 Å². The highest BCUT2D eigenvalue weighted by Crippen LogP contribution is 2.28. The van der Waals surface area contributed by atoms with Gasteiger partial charge in [0.05, 0.1) is 10.2 Å². The van der Waals surface area contributed by atoms with E-state index in [-0.39, 0.29) is 11.5 Å². The Bertz CT molecular complexity index is 697. The highest BCUT2D eigenvalue weighted by Gasteiger charge is 2.25. The van der Waals surface area contributed by atoms with Gasteiger partial charge in [-0.2, -0.15) is 5.10 Å². The zero-order chi connectivity index (χ0) is 14.3. The lowest BCUT2D eigenvalue weighted by molar-refractivity contribution is 0.0688. The number of aromatic nitrogens is 2. The SMILES string of the molecule is O=C(O)c1nn(-c2ccc(Br)c(F)c2)c2c1CCCC2. The second-order valence-corrected chi connectivity index (χ2v) is 5.65. The number of hydrogen-bond acceptors (Lipinski definition) is 2. The molecular weight excluding hydrogens is 327 g/mol. The first-order valence-electron chi connectivity index (χ1n) is 6.37. The molecule has 1 heterocycles. The van der Waals surface area contributed by atoms with Gasteiger partial charge in [0.2, 0.25) is 0 Å². The van der Waals surface area contributed by atoms with Gasteiger partial charge in [-0.05, 0) is 53.7 Å². The lowest BCUT2D eigenvalue weighted by atomic mass is 9.95. The molecule has 104 valence electrons. The maximum Gasteiger partial charge on any atom is 0.356 e. The molecule has 6 heteroatoms. The maximum atomic E-state index is 13.7. The van der Waals surface area contributed by atoms with Crippen LogP contribution in [-0.2, 0) is 12.8 Å². The number of rotatable bonds is 2. The van der Waals surface area contributed by atoms with Crippen molar-refractivity contribution in [2.45, 2.75) is 25.7 Å². The van der Waals surface area contributed by atoms with Gasteiger partial charge >= 0.3 is 5.97 Å². The van der Waals surface area contributed by atoms with Crippen LogP contribution in [0.3, 0.4) is 0 Å². The van der Waals surface area contributed by atoms with E-state index >= 15 is 0 Å². The van der Waals surface area contributed by atoms with Crippen molar-refractivity contribution in [3.63, 3.8) is 0 Å². The van der Waals surface area contributed by atoms with Crippen LogP contribution in [0.1, 0.15) is 34.6 Å². The van der Waals surface area contributed by atoms with Crippen molar-refractivity contribution >= 4 is 21.9 Å². The van der Waals surface area contributed by atoms with E-state index < -0.39 is 5.97 Å². The molecule has 0 saturated carbocycles. The predicted molar refractivity (Wildman–Crippen MR) is 74.8 cm³/mol. The molecule has 2 aromatic rings. The van der Waals surface area contributed by atoms with Crippen molar-refractivity contribution in [1.82, 2.24) is 9.78 Å². The summed E-state index contributed by atoms with van der Waals surface area (Å²) in [6.07, 6.45) is 3.45. The predicted octanol–water partition coefficient (Wildman–Crippen LogP) is 3.35. The molecule has 0 bridgehead atoms. The minimum atomic E-state index is -1.03. The van der Waals surface area contributed by atoms with Gasteiger partial charge < -0.3 is 5.11 Å². The molecule has 0 atom stereocenters. The second-order valence-electron chi connectivity index (χ2n) is 4.80. The molecule has 0 spiro atoms. The fourth-order valence-electron chi connectivity index (χ4n) is 2.60. The first-order valence-corrected chi connectivity index (χ1v) is 7.16. The van der Waals surface area contributed by atoms with E-state index in [0.29, 0.717) is 10.2 Å². The molecule has 0 aliphatic heterocycles. The number of halogens is 2. The highest BCUT2D eigenvalue weighted by atomic mass is 79.9. The van der Waals surface area contributed by atoms with Crippen LogP contribution in [0.5, 0.6) is 0 Å². The standard InChI is InChI=1S/C14H12BrFN2O2/c15-10-6-5-8(7-11(10)16)18-12-4-2-1-3-9(12)13(17-18)14(19)20/h5-7H,1-4H2,(H,19,20). The van der Waals surface area contributed by atoms with Gasteiger partial charge in [-0.25, -0.2) is 13.9 Å². The van der Waals surface area contributed by atoms with Gasteiger partial charge in [0.25, 0.3) is 0 Å². The van der Waals surface area contributed by atoms with E-state index in [1.165, 1.54) is 6.07 Å². The minimum absolute atomic E-state index is 0.0861. The molecular formula is C14H12BrFN2O2. The van der Waals surface area contributed by atoms with E-state index in [4.69, 9.17) is 0 Å². The average Bonchev–Trinajstić information content (AvgIpc) is 2.82. The molecule has 0 amide bonds. The van der Waals surface area contributed by atoms with Crippen LogP contribution < -0.4 is 0 Å². The first kappa shape index (κ1) is 13.3. The maximum absolute atomic E-state index is 13.7. The van der Waals surface area contributed by atoms with E-state index in [1.807, 2.05) is 0 Å². The summed E-state index contributed by atoms with van der Waals surface area (Å²) in [6.45, 7) is 0. The molecule has 0 radical (unpaired) electrons. The third kappa shape index (κ3) is 2.14. The van der Waals surface area contributed by atoms with E-state index in [0.717, 1.165) is 36.9 Å². The van der Waals surface area contributed by atoms with Gasteiger partial charge in [0.1, 0.15) is 5.82 Å². The summed E-state index contributed by atoms with van der Waals surface area (Å²) >= 11 is 3.11. The second kappa shape index (κ2) is 5.01. The largest absolute Gasteiger partial charge is 0.476 e. The van der Waals surface area contributed by atoms with Crippen LogP contribution in [0.4, 0.5) is 4.39 Å². The summed E-state index contributed by atoms with van der Waals surface area (Å²) in [5.41, 5.74) is 2.31. The Balaban J connectivity index is 2.18. The zero-order valence-corrected chi connectivity index (χ0v) is 12.2. The smallest absolute Gasteiger partial charge is 0.356 e. The van der Waals surface area contributed by atoms with Gasteiger partial charge in [-0.1, -0.05) is 0 Å². The summed E-state index contributed by atoms with van der Waals surface area (Å²) in [7, 11) is 0. The molecule has 20 heavy (non-hydrogen) atoms. The number of fused-ring (bicyclic) bond motifs is 1. The summed E-state index contributed by atoms with van der Waals surface area (Å²) in [5, 5.41) is 13.4. The monoisotopic (exact) mass is 338 g/mol. The van der Waals surface area contributed by atoms with Gasteiger partial charge in [-0.3, -0.25) is 0 Å². The van der Waals surface area contributed by atoms with Crippen molar-refractivity contribution < 1.29 is 14.3 Å². The van der Waals surface area contributed by atoms with Gasteiger partial charge in [0.15, 0.2) is 5.69 Å². The number of carbonyl (C=O) groups is 1. The Labute approximate surface area is 123 Å². The quantitative estimate of drug-likeness (QED) is 0.913. The van der Waals surface area contributed by atoms with Crippen LogP contribution in [0.25, 0.3) is 5.69 Å². The zero-order valence-electron chi connectivity index (χ0n) is 10.6. The molecule has 1 aromatic heterocycles. The van der Waals surface area contributed by atoms with Crippen molar-refractivity contribution in [3.8, 4) is 5.69 Å². The molecule has 1 aromatic carbocycles. The van der Waals surface area contributed by atoms with Crippen LogP contribution in [0.15, 0.2) is 22.7 Å². The molecule has 4 nitrogen and oxygen atoms in total. The average molecular weight is 339 g/mol. The molecule has 0 unspecified atom stereocenters. The summed E-state index contributed by atoms with van der Waals surface area (Å²) < 4.78 is 15.6. The third-order valence-corrected chi connectivity index (χ3v) is 4.17. The molecule has 1 aliphatic rings. The van der Waals surface area contributed by atoms with Crippen molar-refractivity contribution in [2.24, 2.45) is 0 Å². The fourth-order valence-corrected chi connectivity index (χ4v) is 2.85. The van der Waals surface area contributed by atoms with E-state index in [9.17, 15) is 14.3 Å². The normalized spacial score (nSPS) is 14.1. The Morgan fingerprint density at radius 2 is 2.10 bits per heavy atom. The Hall–Kier alpha value is -1.69. The number of nitrogens with zero attached hydrogens (tertiary/aromatic N) is 2. The topological polar surface area (TPSA) is 55.1 Å². The van der Waals surface area contributed by atoms with Crippen LogP contribution in [0.2, 0.25) is 0 Å². The van der Waals surface area contributed by atoms with E-state index in [2.05, 4.69) is 21.0 Å². The number of hydrogen-bond donors (Lipinski definition) is 1. The first-order chi connectivity index (χ1) is 9.58. The molecule has 1 aliphatic carbocycles. The van der Waals surface area contributed by atoms with Crippen molar-refractivity contribution in [3.05, 3.63) is 45.4 Å². The number of carboxylic acid groups (broad SMARTS) is 1. The molecule has 1 N–H and O–H groups in total. The number of benzene rings is 1. The molecule has 0 fully saturated rings. The van der Waals surface area contributed by atoms with Crippen LogP contribution >= 0.6 is 15.9 Å². The lowest BCUT2D eigenvalue weighted by Gasteiger charge is -2.14. The fraction of sp³-hybridized carbons (Fsp3) is 0.286. The number of aromatic carboxylic acids is 1. The Morgan fingerprint density at radius 3 is 2.80 bits per heavy atom. The Kier molecular flexibility index (Phi) is 3.33.